The molecular weight excluding hydrogens is 342 g/mol. The van der Waals surface area contributed by atoms with E-state index in [1.165, 1.54) is 6.07 Å². The monoisotopic (exact) mass is 365 g/mol. The van der Waals surface area contributed by atoms with Gasteiger partial charge in [-0.1, -0.05) is 24.3 Å². The summed E-state index contributed by atoms with van der Waals surface area (Å²) in [6.45, 7) is 2.86. The van der Waals surface area contributed by atoms with Crippen molar-refractivity contribution in [2.75, 3.05) is 26.2 Å². The first kappa shape index (κ1) is 18.9. The quantitative estimate of drug-likeness (QED) is 0.526. The minimum absolute atomic E-state index is 0.185. The maximum Gasteiger partial charge on any atom is 0.251 e. The molecule has 2 aromatic rings. The van der Waals surface area contributed by atoms with E-state index in [1.54, 1.807) is 36.4 Å². The smallest absolute Gasteiger partial charge is 0.251 e. The molecule has 0 radical (unpaired) electrons. The van der Waals surface area contributed by atoms with Gasteiger partial charge in [0.2, 0.25) is 0 Å². The van der Waals surface area contributed by atoms with Gasteiger partial charge < -0.3 is 16.4 Å². The third-order valence-electron chi connectivity index (χ3n) is 4.56. The zero-order chi connectivity index (χ0) is 19.2. The van der Waals surface area contributed by atoms with Crippen LogP contribution in [-0.2, 0) is 0 Å². The molecule has 0 atom stereocenters. The molecule has 1 aliphatic carbocycles. The molecule has 0 spiro atoms. The van der Waals surface area contributed by atoms with Gasteiger partial charge in [0.1, 0.15) is 0 Å². The summed E-state index contributed by atoms with van der Waals surface area (Å²) < 4.78 is 0. The maximum absolute atomic E-state index is 12.7. The van der Waals surface area contributed by atoms with E-state index in [-0.39, 0.29) is 23.0 Å². The lowest BCUT2D eigenvalue weighted by Gasteiger charge is -2.18. The molecule has 0 heterocycles. The molecule has 0 bridgehead atoms. The van der Waals surface area contributed by atoms with Gasteiger partial charge in [-0.15, -0.1) is 0 Å². The molecule has 0 aromatic heterocycles. The number of fused-ring (bicyclic) bond motifs is 2. The highest BCUT2D eigenvalue weighted by Crippen LogP contribution is 2.27. The third kappa shape index (κ3) is 4.13. The minimum Gasteiger partial charge on any atom is -0.352 e. The van der Waals surface area contributed by atoms with Gasteiger partial charge in [-0.05, 0) is 50.7 Å². The Kier molecular flexibility index (Phi) is 6.11. The number of carbonyl (C=O) groups excluding carboxylic acids is 3. The predicted octanol–water partition coefficient (Wildman–Crippen LogP) is 1.52. The van der Waals surface area contributed by atoms with Crippen molar-refractivity contribution in [2.24, 2.45) is 5.73 Å². The molecule has 6 nitrogen and oxygen atoms in total. The van der Waals surface area contributed by atoms with Crippen molar-refractivity contribution >= 4 is 17.5 Å². The Balaban J connectivity index is 1.65. The fourth-order valence-corrected chi connectivity index (χ4v) is 3.11. The first-order valence-electron chi connectivity index (χ1n) is 9.15. The summed E-state index contributed by atoms with van der Waals surface area (Å²) in [6, 6.07) is 11.4. The van der Waals surface area contributed by atoms with Crippen LogP contribution >= 0.6 is 0 Å². The van der Waals surface area contributed by atoms with Crippen molar-refractivity contribution in [3.63, 3.8) is 0 Å². The van der Waals surface area contributed by atoms with E-state index in [4.69, 9.17) is 5.73 Å². The van der Waals surface area contributed by atoms with Crippen molar-refractivity contribution in [2.45, 2.75) is 12.8 Å². The van der Waals surface area contributed by atoms with E-state index in [9.17, 15) is 14.4 Å². The number of hydrogen-bond acceptors (Lipinski definition) is 5. The third-order valence-corrected chi connectivity index (χ3v) is 4.56. The maximum atomic E-state index is 12.7. The van der Waals surface area contributed by atoms with Crippen LogP contribution in [0.3, 0.4) is 0 Å². The normalized spacial score (nSPS) is 12.5. The van der Waals surface area contributed by atoms with E-state index in [0.717, 1.165) is 25.9 Å². The molecule has 1 amide bonds. The second kappa shape index (κ2) is 8.70. The second-order valence-electron chi connectivity index (χ2n) is 6.47. The van der Waals surface area contributed by atoms with Gasteiger partial charge in [-0.3, -0.25) is 14.4 Å². The highest BCUT2D eigenvalue weighted by atomic mass is 16.2. The first-order chi connectivity index (χ1) is 13.1. The largest absolute Gasteiger partial charge is 0.352 e. The van der Waals surface area contributed by atoms with Crippen LogP contribution < -0.4 is 16.4 Å². The Morgan fingerprint density at radius 2 is 1.44 bits per heavy atom. The summed E-state index contributed by atoms with van der Waals surface area (Å²) in [4.78, 5) is 37.7. The summed E-state index contributed by atoms with van der Waals surface area (Å²) in [6.07, 6.45) is 1.73. The van der Waals surface area contributed by atoms with Gasteiger partial charge >= 0.3 is 0 Å². The van der Waals surface area contributed by atoms with Crippen LogP contribution in [0.25, 0.3) is 0 Å². The van der Waals surface area contributed by atoms with Crippen LogP contribution in [0.4, 0.5) is 0 Å². The van der Waals surface area contributed by atoms with E-state index in [0.29, 0.717) is 35.3 Å². The van der Waals surface area contributed by atoms with Crippen LogP contribution in [0.5, 0.6) is 0 Å². The zero-order valence-corrected chi connectivity index (χ0v) is 15.1. The Morgan fingerprint density at radius 1 is 0.815 bits per heavy atom. The van der Waals surface area contributed by atoms with Gasteiger partial charge in [0.25, 0.3) is 5.91 Å². The molecule has 0 saturated carbocycles. The van der Waals surface area contributed by atoms with Gasteiger partial charge in [0.15, 0.2) is 11.6 Å². The topological polar surface area (TPSA) is 101 Å². The number of nitrogens with one attached hydrogen (secondary N) is 2. The highest BCUT2D eigenvalue weighted by Gasteiger charge is 2.29. The molecule has 140 valence electrons. The van der Waals surface area contributed by atoms with Gasteiger partial charge in [-0.2, -0.15) is 0 Å². The van der Waals surface area contributed by atoms with Crippen LogP contribution in [-0.4, -0.2) is 43.7 Å². The molecule has 2 aromatic carbocycles. The molecule has 27 heavy (non-hydrogen) atoms. The standard InChI is InChI=1S/C21H23N3O3/c22-9-3-10-23-11-4-12-24-21(27)14-7-8-17-18(13-14)20(26)16-6-2-1-5-15(16)19(17)25/h1-2,5-8,13,23H,3-4,9-12,22H2,(H,24,27). The molecule has 6 heteroatoms. The zero-order valence-electron chi connectivity index (χ0n) is 15.1. The fraction of sp³-hybridized carbons (Fsp3) is 0.286. The summed E-state index contributed by atoms with van der Waals surface area (Å²) in [5.41, 5.74) is 7.23. The summed E-state index contributed by atoms with van der Waals surface area (Å²) in [5.74, 6) is -0.659. The first-order valence-corrected chi connectivity index (χ1v) is 9.15. The predicted molar refractivity (Wildman–Crippen MR) is 103 cm³/mol. The Labute approximate surface area is 158 Å². The van der Waals surface area contributed by atoms with E-state index in [1.807, 2.05) is 0 Å². The Hall–Kier alpha value is -2.83. The second-order valence-corrected chi connectivity index (χ2v) is 6.47. The lowest BCUT2D eigenvalue weighted by atomic mass is 9.83. The van der Waals surface area contributed by atoms with Crippen LogP contribution in [0, 0.1) is 0 Å². The number of hydrogen-bond donors (Lipinski definition) is 3. The van der Waals surface area contributed by atoms with Crippen LogP contribution in [0.2, 0.25) is 0 Å². The number of benzene rings is 2. The van der Waals surface area contributed by atoms with Crippen LogP contribution in [0.1, 0.15) is 55.0 Å². The highest BCUT2D eigenvalue weighted by molar-refractivity contribution is 6.28. The average Bonchev–Trinajstić information content (AvgIpc) is 2.70. The van der Waals surface area contributed by atoms with Gasteiger partial charge in [-0.25, -0.2) is 0 Å². The molecule has 0 fully saturated rings. The number of rotatable bonds is 8. The van der Waals surface area contributed by atoms with E-state index in [2.05, 4.69) is 10.6 Å². The SMILES string of the molecule is NCCCNCCCNC(=O)c1ccc2c(c1)C(=O)c1ccccc1C2=O. The van der Waals surface area contributed by atoms with Crippen LogP contribution in [0.15, 0.2) is 42.5 Å². The molecule has 3 rings (SSSR count). The fourth-order valence-electron chi connectivity index (χ4n) is 3.11. The van der Waals surface area contributed by atoms with Gasteiger partial charge in [0.05, 0.1) is 0 Å². The van der Waals surface area contributed by atoms with Crippen molar-refractivity contribution < 1.29 is 14.4 Å². The molecule has 1 aliphatic rings. The number of carbonyl (C=O) groups is 3. The van der Waals surface area contributed by atoms with Crippen molar-refractivity contribution in [3.05, 3.63) is 70.3 Å². The number of amides is 1. The van der Waals surface area contributed by atoms with E-state index < -0.39 is 0 Å². The minimum atomic E-state index is -0.251. The van der Waals surface area contributed by atoms with Crippen molar-refractivity contribution in [1.82, 2.24) is 10.6 Å². The van der Waals surface area contributed by atoms with Gasteiger partial charge in [0, 0.05) is 34.4 Å². The lowest BCUT2D eigenvalue weighted by Crippen LogP contribution is -2.28. The molecular formula is C21H23N3O3. The number of nitrogens with two attached hydrogens (primary N) is 1. The summed E-state index contributed by atoms with van der Waals surface area (Å²) in [5, 5.41) is 6.09. The summed E-state index contributed by atoms with van der Waals surface area (Å²) in [7, 11) is 0. The summed E-state index contributed by atoms with van der Waals surface area (Å²) >= 11 is 0. The molecule has 0 aliphatic heterocycles. The Morgan fingerprint density at radius 3 is 2.15 bits per heavy atom. The molecule has 0 unspecified atom stereocenters. The molecule has 4 N–H and O–H groups in total. The van der Waals surface area contributed by atoms with Crippen molar-refractivity contribution in [3.8, 4) is 0 Å². The lowest BCUT2D eigenvalue weighted by molar-refractivity contribution is 0.0950. The number of ketones is 2. The average molecular weight is 365 g/mol. The van der Waals surface area contributed by atoms with E-state index >= 15 is 0 Å². The molecule has 0 saturated heterocycles. The Bertz CT molecular complexity index is 877. The van der Waals surface area contributed by atoms with Crippen molar-refractivity contribution in [1.29, 1.82) is 0 Å².